The first-order chi connectivity index (χ1) is 9.46. The van der Waals surface area contributed by atoms with Gasteiger partial charge in [0, 0.05) is 13.1 Å². The van der Waals surface area contributed by atoms with E-state index in [1.807, 2.05) is 6.92 Å². The summed E-state index contributed by atoms with van der Waals surface area (Å²) in [5, 5.41) is 9.23. The number of amides is 1. The number of aliphatic carboxylic acids is 1. The van der Waals surface area contributed by atoms with E-state index in [1.165, 1.54) is 12.8 Å². The molecule has 1 N–H and O–H groups in total. The topological polar surface area (TPSA) is 66.8 Å². The van der Waals surface area contributed by atoms with Gasteiger partial charge < -0.3 is 14.7 Å². The number of likely N-dealkylation sites (tertiary alicyclic amines) is 1. The molecule has 2 rings (SSSR count). The lowest BCUT2D eigenvalue weighted by Crippen LogP contribution is -2.42. The summed E-state index contributed by atoms with van der Waals surface area (Å²) in [4.78, 5) is 25.4. The Hall–Kier alpha value is -1.10. The van der Waals surface area contributed by atoms with Crippen LogP contribution in [0.15, 0.2) is 0 Å². The van der Waals surface area contributed by atoms with Crippen LogP contribution in [0.5, 0.6) is 0 Å². The molecule has 2 aliphatic rings. The van der Waals surface area contributed by atoms with Gasteiger partial charge in [0.15, 0.2) is 0 Å². The Balaban J connectivity index is 1.93. The van der Waals surface area contributed by atoms with Crippen LogP contribution in [0.1, 0.15) is 52.4 Å². The minimum Gasteiger partial charge on any atom is -0.481 e. The van der Waals surface area contributed by atoms with Crippen molar-refractivity contribution in [3.63, 3.8) is 0 Å². The zero-order valence-corrected chi connectivity index (χ0v) is 12.4. The van der Waals surface area contributed by atoms with Crippen LogP contribution in [0.4, 0.5) is 0 Å². The van der Waals surface area contributed by atoms with E-state index in [0.29, 0.717) is 25.9 Å². The van der Waals surface area contributed by atoms with Crippen molar-refractivity contribution in [2.75, 3.05) is 13.1 Å². The molecule has 20 heavy (non-hydrogen) atoms. The number of ether oxygens (including phenoxy) is 1. The van der Waals surface area contributed by atoms with Crippen molar-refractivity contribution in [3.8, 4) is 0 Å². The Kier molecular flexibility index (Phi) is 4.68. The molecule has 1 heterocycles. The summed E-state index contributed by atoms with van der Waals surface area (Å²) in [6.07, 6.45) is 5.40. The molecule has 0 radical (unpaired) electrons. The Labute approximate surface area is 120 Å². The second kappa shape index (κ2) is 6.12. The molecule has 1 amide bonds. The average Bonchev–Trinajstić information content (AvgIpc) is 3.05. The van der Waals surface area contributed by atoms with Crippen LogP contribution in [-0.4, -0.2) is 47.2 Å². The molecule has 1 saturated carbocycles. The molecule has 2 fully saturated rings. The van der Waals surface area contributed by atoms with Gasteiger partial charge in [-0.15, -0.1) is 0 Å². The highest BCUT2D eigenvalue weighted by Crippen LogP contribution is 2.31. The summed E-state index contributed by atoms with van der Waals surface area (Å²) in [6, 6.07) is 0. The monoisotopic (exact) mass is 283 g/mol. The summed E-state index contributed by atoms with van der Waals surface area (Å²) < 4.78 is 5.92. The lowest BCUT2D eigenvalue weighted by Gasteiger charge is -2.26. The molecule has 114 valence electrons. The second-order valence-electron chi connectivity index (χ2n) is 6.32. The molecule has 2 atom stereocenters. The van der Waals surface area contributed by atoms with E-state index in [4.69, 9.17) is 4.74 Å². The molecule has 1 aliphatic heterocycles. The molecule has 0 unspecified atom stereocenters. The molecule has 0 aromatic heterocycles. The maximum Gasteiger partial charge on any atom is 0.311 e. The molecule has 1 aliphatic carbocycles. The van der Waals surface area contributed by atoms with Gasteiger partial charge in [-0.05, 0) is 32.6 Å². The van der Waals surface area contributed by atoms with Crippen molar-refractivity contribution in [1.29, 1.82) is 0 Å². The van der Waals surface area contributed by atoms with E-state index in [2.05, 4.69) is 0 Å². The minimum atomic E-state index is -0.822. The van der Waals surface area contributed by atoms with Crippen molar-refractivity contribution >= 4 is 11.9 Å². The van der Waals surface area contributed by atoms with Crippen molar-refractivity contribution in [2.24, 2.45) is 5.41 Å². The standard InChI is InChI=1S/C15H25NO4/c1-3-12(20-11-6-4-5-7-11)13(17)16-9-8-15(2,10-16)14(18)19/h11-12H,3-10H2,1-2H3,(H,18,19)/t12-,15+/m1/s1. The van der Waals surface area contributed by atoms with Crippen LogP contribution in [0, 0.1) is 5.41 Å². The third-order valence-electron chi connectivity index (χ3n) is 4.61. The van der Waals surface area contributed by atoms with E-state index in [9.17, 15) is 14.7 Å². The van der Waals surface area contributed by atoms with Crippen LogP contribution in [0.25, 0.3) is 0 Å². The van der Waals surface area contributed by atoms with Gasteiger partial charge in [-0.2, -0.15) is 0 Å². The first-order valence-electron chi connectivity index (χ1n) is 7.64. The van der Waals surface area contributed by atoms with Gasteiger partial charge in [0.05, 0.1) is 11.5 Å². The number of carbonyl (C=O) groups is 2. The molecule has 0 aromatic carbocycles. The zero-order valence-electron chi connectivity index (χ0n) is 12.4. The van der Waals surface area contributed by atoms with Crippen LogP contribution >= 0.6 is 0 Å². The van der Waals surface area contributed by atoms with Gasteiger partial charge in [0.25, 0.3) is 5.91 Å². The molecular weight excluding hydrogens is 258 g/mol. The highest BCUT2D eigenvalue weighted by atomic mass is 16.5. The quantitative estimate of drug-likeness (QED) is 0.838. The summed E-state index contributed by atoms with van der Waals surface area (Å²) in [5.41, 5.74) is -0.804. The van der Waals surface area contributed by atoms with Gasteiger partial charge in [-0.1, -0.05) is 19.8 Å². The Morgan fingerprint density at radius 1 is 1.40 bits per heavy atom. The highest BCUT2D eigenvalue weighted by molar-refractivity contribution is 5.83. The number of carbonyl (C=O) groups excluding carboxylic acids is 1. The number of nitrogens with zero attached hydrogens (tertiary/aromatic N) is 1. The van der Waals surface area contributed by atoms with Crippen LogP contribution in [-0.2, 0) is 14.3 Å². The summed E-state index contributed by atoms with van der Waals surface area (Å²) in [6.45, 7) is 4.48. The lowest BCUT2D eigenvalue weighted by molar-refractivity contribution is -0.150. The fraction of sp³-hybridized carbons (Fsp3) is 0.867. The van der Waals surface area contributed by atoms with Crippen LogP contribution in [0.3, 0.4) is 0 Å². The van der Waals surface area contributed by atoms with Crippen LogP contribution in [0.2, 0.25) is 0 Å². The molecule has 0 spiro atoms. The fourth-order valence-corrected chi connectivity index (χ4v) is 3.11. The largest absolute Gasteiger partial charge is 0.481 e. The predicted octanol–water partition coefficient (Wildman–Crippen LogP) is 2.05. The Morgan fingerprint density at radius 2 is 2.05 bits per heavy atom. The molecular formula is C15H25NO4. The predicted molar refractivity (Wildman–Crippen MR) is 74.4 cm³/mol. The number of rotatable bonds is 5. The summed E-state index contributed by atoms with van der Waals surface area (Å²) in [7, 11) is 0. The smallest absolute Gasteiger partial charge is 0.311 e. The van der Waals surface area contributed by atoms with Gasteiger partial charge >= 0.3 is 5.97 Å². The number of hydrogen-bond donors (Lipinski definition) is 1. The lowest BCUT2D eigenvalue weighted by atomic mass is 9.90. The van der Waals surface area contributed by atoms with Crippen molar-refractivity contribution in [3.05, 3.63) is 0 Å². The van der Waals surface area contributed by atoms with E-state index >= 15 is 0 Å². The van der Waals surface area contributed by atoms with Gasteiger partial charge in [-0.3, -0.25) is 9.59 Å². The fourth-order valence-electron chi connectivity index (χ4n) is 3.11. The second-order valence-corrected chi connectivity index (χ2v) is 6.32. The normalized spacial score (nSPS) is 28.8. The molecule has 5 nitrogen and oxygen atoms in total. The number of hydrogen-bond acceptors (Lipinski definition) is 3. The van der Waals surface area contributed by atoms with Gasteiger partial charge in [0.1, 0.15) is 6.10 Å². The van der Waals surface area contributed by atoms with Crippen molar-refractivity contribution in [1.82, 2.24) is 4.90 Å². The minimum absolute atomic E-state index is 0.0376. The average molecular weight is 283 g/mol. The Morgan fingerprint density at radius 3 is 2.55 bits per heavy atom. The molecule has 1 saturated heterocycles. The summed E-state index contributed by atoms with van der Waals surface area (Å²) in [5.74, 6) is -0.859. The molecule has 0 aromatic rings. The van der Waals surface area contributed by atoms with E-state index in [0.717, 1.165) is 12.8 Å². The van der Waals surface area contributed by atoms with Crippen molar-refractivity contribution in [2.45, 2.75) is 64.6 Å². The summed E-state index contributed by atoms with van der Waals surface area (Å²) >= 11 is 0. The first kappa shape index (κ1) is 15.3. The van der Waals surface area contributed by atoms with Gasteiger partial charge in [-0.25, -0.2) is 0 Å². The third kappa shape index (κ3) is 3.14. The van der Waals surface area contributed by atoms with Crippen LogP contribution < -0.4 is 0 Å². The number of carboxylic acids is 1. The van der Waals surface area contributed by atoms with Gasteiger partial charge in [0.2, 0.25) is 0 Å². The van der Waals surface area contributed by atoms with E-state index in [1.54, 1.807) is 11.8 Å². The third-order valence-corrected chi connectivity index (χ3v) is 4.61. The van der Waals surface area contributed by atoms with E-state index in [-0.39, 0.29) is 12.0 Å². The maximum absolute atomic E-state index is 12.5. The SMILES string of the molecule is CC[C@@H](OC1CCCC1)C(=O)N1CC[C@](C)(C(=O)O)C1. The number of carboxylic acid groups (broad SMARTS) is 1. The maximum atomic E-state index is 12.5. The Bertz CT molecular complexity index is 378. The zero-order chi connectivity index (χ0) is 14.8. The van der Waals surface area contributed by atoms with Crippen molar-refractivity contribution < 1.29 is 19.4 Å². The van der Waals surface area contributed by atoms with E-state index < -0.39 is 17.5 Å². The first-order valence-corrected chi connectivity index (χ1v) is 7.64. The highest BCUT2D eigenvalue weighted by Gasteiger charge is 2.43. The molecule has 5 heteroatoms. The molecule has 0 bridgehead atoms.